The summed E-state index contributed by atoms with van der Waals surface area (Å²) in [5, 5.41) is 0. The molecule has 1 heterocycles. The van der Waals surface area contributed by atoms with E-state index in [1.54, 1.807) is 0 Å². The third kappa shape index (κ3) is 3.12. The van der Waals surface area contributed by atoms with Crippen LogP contribution in [-0.2, 0) is 0 Å². The Labute approximate surface area is 189 Å². The maximum absolute atomic E-state index is 2.49. The van der Waals surface area contributed by atoms with Crippen molar-refractivity contribution in [2.45, 2.75) is 0 Å². The van der Waals surface area contributed by atoms with Gasteiger partial charge in [-0.05, 0) is 46.4 Å². The van der Waals surface area contributed by atoms with Crippen LogP contribution in [0.3, 0.4) is 0 Å². The summed E-state index contributed by atoms with van der Waals surface area (Å²) in [6.07, 6.45) is 0. The average Bonchev–Trinajstić information content (AvgIpc) is 2.89. The van der Waals surface area contributed by atoms with E-state index < -0.39 is 0 Å². The highest BCUT2D eigenvalue weighted by molar-refractivity contribution is 6.90. The van der Waals surface area contributed by atoms with E-state index in [-0.39, 0.29) is 6.85 Å². The van der Waals surface area contributed by atoms with Crippen molar-refractivity contribution in [3.05, 3.63) is 133 Å². The van der Waals surface area contributed by atoms with Gasteiger partial charge in [-0.25, -0.2) is 0 Å². The van der Waals surface area contributed by atoms with Crippen molar-refractivity contribution < 1.29 is 0 Å². The van der Waals surface area contributed by atoms with Gasteiger partial charge >= 0.3 is 6.85 Å². The summed E-state index contributed by atoms with van der Waals surface area (Å²) in [7, 11) is 0. The van der Waals surface area contributed by atoms with Crippen LogP contribution in [-0.4, -0.2) is 6.85 Å². The molecule has 0 saturated heterocycles. The van der Waals surface area contributed by atoms with Crippen LogP contribution < -0.4 is 15.7 Å². The summed E-state index contributed by atoms with van der Waals surface area (Å²) >= 11 is 0. The topological polar surface area (TPSA) is 3.24 Å². The molecule has 1 aliphatic heterocycles. The first-order valence-electron chi connectivity index (χ1n) is 11.1. The maximum Gasteiger partial charge on any atom is 0.328 e. The average molecular weight is 407 g/mol. The molecule has 0 fully saturated rings. The molecule has 32 heavy (non-hydrogen) atoms. The zero-order valence-electron chi connectivity index (χ0n) is 17.7. The summed E-state index contributed by atoms with van der Waals surface area (Å²) in [6.45, 7) is 0.116. The summed E-state index contributed by atoms with van der Waals surface area (Å²) in [5.41, 5.74) is 10.1. The van der Waals surface area contributed by atoms with Crippen molar-refractivity contribution in [2.75, 3.05) is 4.81 Å². The number of anilines is 2. The quantitative estimate of drug-likeness (QED) is 0.318. The first-order valence-corrected chi connectivity index (χ1v) is 11.1. The van der Waals surface area contributed by atoms with Gasteiger partial charge in [0, 0.05) is 16.9 Å². The lowest BCUT2D eigenvalue weighted by Gasteiger charge is -2.39. The molecule has 0 aliphatic carbocycles. The molecular weight excluding hydrogens is 385 g/mol. The monoisotopic (exact) mass is 407 g/mol. The van der Waals surface area contributed by atoms with E-state index in [2.05, 4.69) is 138 Å². The summed E-state index contributed by atoms with van der Waals surface area (Å²) in [5.74, 6) is 0. The minimum atomic E-state index is 0.116. The van der Waals surface area contributed by atoms with Gasteiger partial charge in [0.05, 0.1) is 0 Å². The lowest BCUT2D eigenvalue weighted by molar-refractivity contribution is 1.36. The summed E-state index contributed by atoms with van der Waals surface area (Å²) in [6, 6.07) is 47.9. The number of hydrogen-bond acceptors (Lipinski definition) is 1. The predicted molar refractivity (Wildman–Crippen MR) is 137 cm³/mol. The van der Waals surface area contributed by atoms with Crippen molar-refractivity contribution in [3.63, 3.8) is 0 Å². The van der Waals surface area contributed by atoms with Gasteiger partial charge in [-0.2, -0.15) is 0 Å². The van der Waals surface area contributed by atoms with Gasteiger partial charge in [0.15, 0.2) is 0 Å². The van der Waals surface area contributed by atoms with Gasteiger partial charge in [0.2, 0.25) is 0 Å². The molecule has 0 bridgehead atoms. The van der Waals surface area contributed by atoms with Crippen LogP contribution in [0.1, 0.15) is 0 Å². The van der Waals surface area contributed by atoms with Crippen molar-refractivity contribution in [1.29, 1.82) is 0 Å². The van der Waals surface area contributed by atoms with E-state index >= 15 is 0 Å². The number of para-hydroxylation sites is 1. The van der Waals surface area contributed by atoms with Gasteiger partial charge in [-0.15, -0.1) is 0 Å². The van der Waals surface area contributed by atoms with Gasteiger partial charge in [0.1, 0.15) is 0 Å². The zero-order valence-corrected chi connectivity index (χ0v) is 17.7. The molecule has 1 nitrogen and oxygen atoms in total. The number of nitrogens with zero attached hydrogens (tertiary/aromatic N) is 1. The maximum atomic E-state index is 2.49. The molecule has 0 unspecified atom stereocenters. The molecule has 0 amide bonds. The fourth-order valence-corrected chi connectivity index (χ4v) is 4.87. The van der Waals surface area contributed by atoms with Crippen molar-refractivity contribution >= 4 is 29.1 Å². The predicted octanol–water partition coefficient (Wildman–Crippen LogP) is 6.28. The standard InChI is InChI=1S/C30H22BN/c1-4-12-23(13-5-1)24-20-21-30-28(22-24)27-18-10-11-19-29(27)31(25-14-6-2-7-15-25)32(30)26-16-8-3-9-17-26/h1-22H. The fourth-order valence-electron chi connectivity index (χ4n) is 4.87. The second-order valence-corrected chi connectivity index (χ2v) is 8.20. The molecule has 2 heteroatoms. The number of hydrogen-bond donors (Lipinski definition) is 0. The van der Waals surface area contributed by atoms with E-state index in [9.17, 15) is 0 Å². The largest absolute Gasteiger partial charge is 0.376 e. The molecule has 5 aromatic carbocycles. The number of rotatable bonds is 3. The molecule has 1 aliphatic rings. The second-order valence-electron chi connectivity index (χ2n) is 8.20. The lowest BCUT2D eigenvalue weighted by atomic mass is 9.45. The second kappa shape index (κ2) is 7.90. The Balaban J connectivity index is 1.63. The SMILES string of the molecule is c1ccc(B2c3ccccc3-c3cc(-c4ccccc4)ccc3N2c2ccccc2)cc1. The Morgan fingerprint density at radius 2 is 1.09 bits per heavy atom. The molecular formula is C30H22BN. The third-order valence-electron chi connectivity index (χ3n) is 6.32. The van der Waals surface area contributed by atoms with Crippen LogP contribution >= 0.6 is 0 Å². The van der Waals surface area contributed by atoms with Gasteiger partial charge in [-0.1, -0.05) is 115 Å². The van der Waals surface area contributed by atoms with E-state index in [0.29, 0.717) is 0 Å². The molecule has 0 atom stereocenters. The Hall–Kier alpha value is -4.04. The Morgan fingerprint density at radius 1 is 0.469 bits per heavy atom. The van der Waals surface area contributed by atoms with Crippen LogP contribution in [0, 0.1) is 0 Å². The molecule has 0 spiro atoms. The van der Waals surface area contributed by atoms with E-state index in [1.165, 1.54) is 44.6 Å². The Morgan fingerprint density at radius 3 is 1.84 bits per heavy atom. The Bertz CT molecular complexity index is 1360. The van der Waals surface area contributed by atoms with Crippen molar-refractivity contribution in [1.82, 2.24) is 0 Å². The van der Waals surface area contributed by atoms with E-state index in [4.69, 9.17) is 0 Å². The van der Waals surface area contributed by atoms with Gasteiger partial charge in [0.25, 0.3) is 0 Å². The van der Waals surface area contributed by atoms with Crippen LogP contribution in [0.25, 0.3) is 22.3 Å². The highest BCUT2D eigenvalue weighted by atomic mass is 15.1. The minimum Gasteiger partial charge on any atom is -0.376 e. The van der Waals surface area contributed by atoms with Crippen LogP contribution in [0.4, 0.5) is 11.4 Å². The van der Waals surface area contributed by atoms with Crippen molar-refractivity contribution in [2.24, 2.45) is 0 Å². The van der Waals surface area contributed by atoms with Crippen molar-refractivity contribution in [3.8, 4) is 22.3 Å². The number of benzene rings is 5. The van der Waals surface area contributed by atoms with Crippen LogP contribution in [0.5, 0.6) is 0 Å². The highest BCUT2D eigenvalue weighted by Gasteiger charge is 2.36. The first kappa shape index (κ1) is 18.7. The number of fused-ring (bicyclic) bond motifs is 3. The first-order chi connectivity index (χ1) is 15.9. The molecule has 6 rings (SSSR count). The van der Waals surface area contributed by atoms with E-state index in [1.807, 2.05) is 0 Å². The molecule has 0 radical (unpaired) electrons. The Kier molecular flexibility index (Phi) is 4.62. The highest BCUT2D eigenvalue weighted by Crippen LogP contribution is 2.41. The smallest absolute Gasteiger partial charge is 0.328 e. The third-order valence-corrected chi connectivity index (χ3v) is 6.32. The van der Waals surface area contributed by atoms with E-state index in [0.717, 1.165) is 0 Å². The molecule has 5 aromatic rings. The molecule has 0 N–H and O–H groups in total. The molecule has 0 aromatic heterocycles. The lowest BCUT2D eigenvalue weighted by Crippen LogP contribution is -2.57. The normalized spacial score (nSPS) is 12.2. The molecule has 150 valence electrons. The van der Waals surface area contributed by atoms with Gasteiger partial charge in [-0.3, -0.25) is 0 Å². The minimum absolute atomic E-state index is 0.116. The molecule has 0 saturated carbocycles. The zero-order chi connectivity index (χ0) is 21.3. The van der Waals surface area contributed by atoms with Crippen LogP contribution in [0.15, 0.2) is 133 Å². The van der Waals surface area contributed by atoms with Gasteiger partial charge < -0.3 is 4.81 Å². The summed E-state index contributed by atoms with van der Waals surface area (Å²) < 4.78 is 0. The van der Waals surface area contributed by atoms with Crippen LogP contribution in [0.2, 0.25) is 0 Å². The fraction of sp³-hybridized carbons (Fsp3) is 0. The summed E-state index contributed by atoms with van der Waals surface area (Å²) in [4.78, 5) is 2.49.